The highest BCUT2D eigenvalue weighted by Crippen LogP contribution is 2.34. The Balaban J connectivity index is 1.45. The third-order valence-electron chi connectivity index (χ3n) is 6.88. The van der Waals surface area contributed by atoms with Crippen molar-refractivity contribution >= 4 is 33.4 Å². The Bertz CT molecular complexity index is 1600. The summed E-state index contributed by atoms with van der Waals surface area (Å²) in [5.41, 5.74) is 12.8. The molecule has 7 nitrogen and oxygen atoms in total. The molecule has 0 radical (unpaired) electrons. The number of pyridine rings is 1. The highest BCUT2D eigenvalue weighted by atomic mass is 16.5. The lowest BCUT2D eigenvalue weighted by Crippen LogP contribution is -2.29. The molecule has 3 aromatic carbocycles. The molecule has 1 amide bonds. The van der Waals surface area contributed by atoms with Gasteiger partial charge in [-0.1, -0.05) is 30.3 Å². The quantitative estimate of drug-likeness (QED) is 0.361. The van der Waals surface area contributed by atoms with Gasteiger partial charge in [-0.25, -0.2) is 4.68 Å². The highest BCUT2D eigenvalue weighted by molar-refractivity contribution is 6.00. The molecule has 0 spiro atoms. The summed E-state index contributed by atoms with van der Waals surface area (Å²) in [5.74, 6) is -0.455. The second kappa shape index (κ2) is 9.09. The molecular weight excluding hydrogens is 450 g/mol. The average Bonchev–Trinajstić information content (AvgIpc) is 3.25. The number of carbonyl (C=O) groups is 1. The SMILES string of the molecule is Cc1nn(-c2ccc(C(N)=O)c(NC3CCOCC3)c2)c2cccc(-c3cnc4ccccc4c3)c12. The molecular formula is C29H27N5O2. The number of para-hydroxylation sites is 1. The van der Waals surface area contributed by atoms with Gasteiger partial charge in [0.25, 0.3) is 5.91 Å². The fourth-order valence-electron chi connectivity index (χ4n) is 5.07. The Morgan fingerprint density at radius 3 is 2.72 bits per heavy atom. The van der Waals surface area contributed by atoms with Gasteiger partial charge < -0.3 is 15.8 Å². The van der Waals surface area contributed by atoms with Crippen LogP contribution in [0.4, 0.5) is 5.69 Å². The van der Waals surface area contributed by atoms with Crippen molar-refractivity contribution in [1.82, 2.24) is 14.8 Å². The van der Waals surface area contributed by atoms with Crippen LogP contribution in [0.5, 0.6) is 0 Å². The molecule has 0 saturated carbocycles. The first-order valence-corrected chi connectivity index (χ1v) is 12.2. The van der Waals surface area contributed by atoms with Gasteiger partial charge in [0, 0.05) is 47.5 Å². The first-order valence-electron chi connectivity index (χ1n) is 12.2. The van der Waals surface area contributed by atoms with Gasteiger partial charge in [-0.05, 0) is 61.7 Å². The molecule has 0 unspecified atom stereocenters. The third kappa shape index (κ3) is 3.97. The maximum atomic E-state index is 12.2. The van der Waals surface area contributed by atoms with E-state index in [1.54, 1.807) is 6.07 Å². The van der Waals surface area contributed by atoms with E-state index in [4.69, 9.17) is 15.6 Å². The number of rotatable bonds is 5. The number of hydrogen-bond donors (Lipinski definition) is 2. The predicted octanol–water partition coefficient (Wildman–Crippen LogP) is 5.24. The summed E-state index contributed by atoms with van der Waals surface area (Å²) < 4.78 is 7.41. The molecule has 1 aliphatic rings. The molecule has 0 atom stereocenters. The molecule has 0 aliphatic carbocycles. The average molecular weight is 478 g/mol. The Kier molecular flexibility index (Phi) is 5.62. The van der Waals surface area contributed by atoms with Crippen molar-refractivity contribution in [3.63, 3.8) is 0 Å². The Morgan fingerprint density at radius 1 is 1.06 bits per heavy atom. The fraction of sp³-hybridized carbons (Fsp3) is 0.207. The van der Waals surface area contributed by atoms with E-state index < -0.39 is 5.91 Å². The minimum atomic E-state index is -0.455. The fourth-order valence-corrected chi connectivity index (χ4v) is 5.07. The van der Waals surface area contributed by atoms with Gasteiger partial charge in [0.15, 0.2) is 0 Å². The lowest BCUT2D eigenvalue weighted by atomic mass is 10.0. The number of ether oxygens (including phenoxy) is 1. The maximum Gasteiger partial charge on any atom is 0.250 e. The van der Waals surface area contributed by atoms with Crippen LogP contribution in [0.25, 0.3) is 38.6 Å². The summed E-state index contributed by atoms with van der Waals surface area (Å²) in [7, 11) is 0. The monoisotopic (exact) mass is 477 g/mol. The molecule has 2 aromatic heterocycles. The van der Waals surface area contributed by atoms with E-state index >= 15 is 0 Å². The van der Waals surface area contributed by atoms with Gasteiger partial charge >= 0.3 is 0 Å². The lowest BCUT2D eigenvalue weighted by Gasteiger charge is -2.25. The zero-order valence-corrected chi connectivity index (χ0v) is 20.1. The van der Waals surface area contributed by atoms with Gasteiger partial charge in [0.2, 0.25) is 0 Å². The van der Waals surface area contributed by atoms with Gasteiger partial charge in [0.1, 0.15) is 0 Å². The predicted molar refractivity (Wildman–Crippen MR) is 143 cm³/mol. The smallest absolute Gasteiger partial charge is 0.250 e. The van der Waals surface area contributed by atoms with Crippen molar-refractivity contribution in [1.29, 1.82) is 0 Å². The van der Waals surface area contributed by atoms with Crippen molar-refractivity contribution in [2.24, 2.45) is 5.73 Å². The summed E-state index contributed by atoms with van der Waals surface area (Å²) in [5, 5.41) is 10.6. The van der Waals surface area contributed by atoms with Crippen LogP contribution < -0.4 is 11.1 Å². The second-order valence-corrected chi connectivity index (χ2v) is 9.24. The van der Waals surface area contributed by atoms with Crippen molar-refractivity contribution in [2.75, 3.05) is 18.5 Å². The van der Waals surface area contributed by atoms with E-state index in [-0.39, 0.29) is 6.04 Å². The van der Waals surface area contributed by atoms with Crippen molar-refractivity contribution < 1.29 is 9.53 Å². The van der Waals surface area contributed by atoms with Crippen LogP contribution in [0.2, 0.25) is 0 Å². The number of aryl methyl sites for hydroxylation is 1. The number of primary amides is 1. The number of nitrogens with one attached hydrogen (secondary N) is 1. The van der Waals surface area contributed by atoms with E-state index in [1.165, 1.54) is 0 Å². The molecule has 180 valence electrons. The number of aromatic nitrogens is 3. The molecule has 1 saturated heterocycles. The molecule has 1 aliphatic heterocycles. The standard InChI is InChI=1S/C29H27N5O2/c1-18-28-23(20-15-19-5-2-3-7-25(19)31-17-20)6-4-8-27(28)34(33-18)22-9-10-24(29(30)35)26(16-22)32-21-11-13-36-14-12-21/h2-10,15-17,21,32H,11-14H2,1H3,(H2,30,35). The number of hydrogen-bond acceptors (Lipinski definition) is 5. The maximum absolute atomic E-state index is 12.2. The number of benzene rings is 3. The summed E-state index contributed by atoms with van der Waals surface area (Å²) in [6, 6.07) is 22.4. The van der Waals surface area contributed by atoms with Crippen LogP contribution in [0.1, 0.15) is 28.9 Å². The Morgan fingerprint density at radius 2 is 1.89 bits per heavy atom. The minimum Gasteiger partial charge on any atom is -0.381 e. The van der Waals surface area contributed by atoms with Gasteiger partial charge in [-0.2, -0.15) is 5.10 Å². The van der Waals surface area contributed by atoms with Gasteiger partial charge in [-0.3, -0.25) is 9.78 Å². The number of amides is 1. The van der Waals surface area contributed by atoms with Crippen LogP contribution in [0, 0.1) is 6.92 Å². The zero-order valence-electron chi connectivity index (χ0n) is 20.1. The van der Waals surface area contributed by atoms with E-state index in [1.807, 2.05) is 54.2 Å². The van der Waals surface area contributed by atoms with Crippen LogP contribution in [-0.4, -0.2) is 39.9 Å². The summed E-state index contributed by atoms with van der Waals surface area (Å²) in [4.78, 5) is 16.8. The lowest BCUT2D eigenvalue weighted by molar-refractivity contribution is 0.0904. The first kappa shape index (κ1) is 22.2. The van der Waals surface area contributed by atoms with Crippen LogP contribution in [0.15, 0.2) is 72.9 Å². The Labute approximate surface area is 208 Å². The number of anilines is 1. The van der Waals surface area contributed by atoms with Crippen molar-refractivity contribution in [2.45, 2.75) is 25.8 Å². The highest BCUT2D eigenvalue weighted by Gasteiger charge is 2.19. The molecule has 3 N–H and O–H groups in total. The zero-order chi connectivity index (χ0) is 24.6. The van der Waals surface area contributed by atoms with Gasteiger partial charge in [0.05, 0.1) is 28.0 Å². The van der Waals surface area contributed by atoms with Crippen molar-refractivity contribution in [3.05, 3.63) is 84.2 Å². The molecule has 0 bridgehead atoms. The normalized spacial score (nSPS) is 14.4. The van der Waals surface area contributed by atoms with Crippen LogP contribution in [0.3, 0.4) is 0 Å². The number of nitrogens with zero attached hydrogens (tertiary/aromatic N) is 3. The third-order valence-corrected chi connectivity index (χ3v) is 6.88. The molecule has 5 aromatic rings. The largest absolute Gasteiger partial charge is 0.381 e. The minimum absolute atomic E-state index is 0.232. The Hall–Kier alpha value is -4.23. The topological polar surface area (TPSA) is 95.1 Å². The molecule has 36 heavy (non-hydrogen) atoms. The molecule has 7 heteroatoms. The molecule has 3 heterocycles. The summed E-state index contributed by atoms with van der Waals surface area (Å²) >= 11 is 0. The number of carbonyl (C=O) groups excluding carboxylic acids is 1. The van der Waals surface area contributed by atoms with E-state index in [9.17, 15) is 4.79 Å². The van der Waals surface area contributed by atoms with E-state index in [2.05, 4.69) is 34.6 Å². The summed E-state index contributed by atoms with van der Waals surface area (Å²) in [6.45, 7) is 3.44. The molecule has 1 fully saturated rings. The number of nitrogens with two attached hydrogens (primary N) is 1. The van der Waals surface area contributed by atoms with Crippen LogP contribution >= 0.6 is 0 Å². The van der Waals surface area contributed by atoms with Crippen LogP contribution in [-0.2, 0) is 4.74 Å². The molecule has 6 rings (SSSR count). The van der Waals surface area contributed by atoms with Crippen molar-refractivity contribution in [3.8, 4) is 16.8 Å². The van der Waals surface area contributed by atoms with Gasteiger partial charge in [-0.15, -0.1) is 0 Å². The van der Waals surface area contributed by atoms with E-state index in [0.29, 0.717) is 18.8 Å². The first-order chi connectivity index (χ1) is 17.6. The number of fused-ring (bicyclic) bond motifs is 2. The second-order valence-electron chi connectivity index (χ2n) is 9.24. The van der Waals surface area contributed by atoms with E-state index in [0.717, 1.165) is 62.8 Å². The summed E-state index contributed by atoms with van der Waals surface area (Å²) in [6.07, 6.45) is 3.69.